The summed E-state index contributed by atoms with van der Waals surface area (Å²) < 4.78 is 26.4. The molecule has 6 nitrogen and oxygen atoms in total. The van der Waals surface area contributed by atoms with E-state index in [9.17, 15) is 13.2 Å². The van der Waals surface area contributed by atoms with Crippen LogP contribution in [0.4, 0.5) is 0 Å². The Morgan fingerprint density at radius 1 is 1.47 bits per heavy atom. The van der Waals surface area contributed by atoms with Crippen LogP contribution in [0.2, 0.25) is 0 Å². The van der Waals surface area contributed by atoms with Crippen LogP contribution < -0.4 is 10.5 Å². The number of sulfonamides is 1. The van der Waals surface area contributed by atoms with Gasteiger partial charge >= 0.3 is 0 Å². The van der Waals surface area contributed by atoms with Crippen molar-refractivity contribution < 1.29 is 13.2 Å². The van der Waals surface area contributed by atoms with Crippen molar-refractivity contribution in [3.8, 4) is 0 Å². The molecule has 17 heavy (non-hydrogen) atoms. The van der Waals surface area contributed by atoms with Gasteiger partial charge in [0, 0.05) is 29.8 Å². The Kier molecular flexibility index (Phi) is 5.03. The Bertz CT molecular complexity index is 504. The SMILES string of the molecule is NC(=O)CCCNS(=O)(=O)c1cncc(Br)c1. The average Bonchev–Trinajstić information content (AvgIpc) is 2.24. The van der Waals surface area contributed by atoms with Gasteiger partial charge < -0.3 is 5.73 Å². The first kappa shape index (κ1) is 14.1. The Balaban J connectivity index is 2.60. The molecule has 0 radical (unpaired) electrons. The summed E-state index contributed by atoms with van der Waals surface area (Å²) in [5, 5.41) is 0. The third-order valence-electron chi connectivity index (χ3n) is 1.88. The molecule has 8 heteroatoms. The van der Waals surface area contributed by atoms with Crippen molar-refractivity contribution in [2.75, 3.05) is 6.54 Å². The maximum Gasteiger partial charge on any atom is 0.242 e. The first-order chi connectivity index (χ1) is 7.92. The molecule has 3 N–H and O–H groups in total. The number of hydrogen-bond donors (Lipinski definition) is 2. The summed E-state index contributed by atoms with van der Waals surface area (Å²) in [4.78, 5) is 14.3. The van der Waals surface area contributed by atoms with Gasteiger partial charge in [-0.05, 0) is 28.4 Å². The lowest BCUT2D eigenvalue weighted by Crippen LogP contribution is -2.26. The van der Waals surface area contributed by atoms with Crippen molar-refractivity contribution in [3.05, 3.63) is 22.9 Å². The summed E-state index contributed by atoms with van der Waals surface area (Å²) >= 11 is 3.14. The molecular formula is C9H12BrN3O3S. The number of aromatic nitrogens is 1. The fourth-order valence-electron chi connectivity index (χ4n) is 1.09. The zero-order valence-electron chi connectivity index (χ0n) is 8.89. The number of nitrogens with two attached hydrogens (primary N) is 1. The number of carbonyl (C=O) groups is 1. The van der Waals surface area contributed by atoms with E-state index in [0.717, 1.165) is 0 Å². The first-order valence-corrected chi connectivity index (χ1v) is 7.08. The summed E-state index contributed by atoms with van der Waals surface area (Å²) in [5.74, 6) is -0.451. The molecule has 0 saturated heterocycles. The predicted octanol–water partition coefficient (Wildman–Crippen LogP) is 0.388. The van der Waals surface area contributed by atoms with Crippen LogP contribution in [-0.4, -0.2) is 25.9 Å². The molecule has 0 aliphatic rings. The molecule has 94 valence electrons. The highest BCUT2D eigenvalue weighted by molar-refractivity contribution is 9.10. The largest absolute Gasteiger partial charge is 0.370 e. The molecule has 0 saturated carbocycles. The standard InChI is InChI=1S/C9H12BrN3O3S/c10-7-4-8(6-12-5-7)17(15,16)13-3-1-2-9(11)14/h4-6,13H,1-3H2,(H2,11,14). The van der Waals surface area contributed by atoms with E-state index in [-0.39, 0.29) is 17.9 Å². The highest BCUT2D eigenvalue weighted by Crippen LogP contribution is 2.13. The van der Waals surface area contributed by atoms with Gasteiger partial charge in [0.1, 0.15) is 4.90 Å². The Morgan fingerprint density at radius 2 is 2.18 bits per heavy atom. The number of amides is 1. The number of pyridine rings is 1. The number of halogens is 1. The molecule has 0 spiro atoms. The van der Waals surface area contributed by atoms with Crippen LogP contribution in [0.25, 0.3) is 0 Å². The second-order valence-corrected chi connectivity index (χ2v) is 5.99. The molecule has 0 unspecified atom stereocenters. The van der Waals surface area contributed by atoms with E-state index < -0.39 is 15.9 Å². The molecule has 1 rings (SSSR count). The molecule has 0 atom stereocenters. The predicted molar refractivity (Wildman–Crippen MR) is 65.6 cm³/mol. The van der Waals surface area contributed by atoms with Crippen molar-refractivity contribution in [1.29, 1.82) is 0 Å². The Labute approximate surface area is 108 Å². The molecule has 1 aromatic rings. The fourth-order valence-corrected chi connectivity index (χ4v) is 2.67. The summed E-state index contributed by atoms with van der Waals surface area (Å²) in [5.41, 5.74) is 4.94. The fraction of sp³-hybridized carbons (Fsp3) is 0.333. The Hall–Kier alpha value is -0.990. The van der Waals surface area contributed by atoms with E-state index in [0.29, 0.717) is 10.9 Å². The number of primary amides is 1. The van der Waals surface area contributed by atoms with E-state index in [1.807, 2.05) is 0 Å². The van der Waals surface area contributed by atoms with Gasteiger partial charge in [0.25, 0.3) is 0 Å². The van der Waals surface area contributed by atoms with Gasteiger partial charge in [0.05, 0.1) is 0 Å². The first-order valence-electron chi connectivity index (χ1n) is 4.80. The van der Waals surface area contributed by atoms with Crippen LogP contribution in [0.5, 0.6) is 0 Å². The normalized spacial score (nSPS) is 11.4. The van der Waals surface area contributed by atoms with E-state index in [1.165, 1.54) is 18.5 Å². The highest BCUT2D eigenvalue weighted by Gasteiger charge is 2.13. The summed E-state index contributed by atoms with van der Waals surface area (Å²) in [6.45, 7) is 0.164. The van der Waals surface area contributed by atoms with E-state index in [2.05, 4.69) is 25.6 Å². The zero-order chi connectivity index (χ0) is 12.9. The summed E-state index contributed by atoms with van der Waals surface area (Å²) in [6.07, 6.45) is 3.27. The molecule has 0 aliphatic heterocycles. The second-order valence-electron chi connectivity index (χ2n) is 3.31. The van der Waals surface area contributed by atoms with Crippen LogP contribution in [0.15, 0.2) is 27.8 Å². The lowest BCUT2D eigenvalue weighted by molar-refractivity contribution is -0.118. The summed E-state index contributed by atoms with van der Waals surface area (Å²) in [6, 6.07) is 1.45. The maximum absolute atomic E-state index is 11.7. The van der Waals surface area contributed by atoms with Gasteiger partial charge in [-0.1, -0.05) is 0 Å². The third kappa shape index (κ3) is 4.80. The average molecular weight is 322 g/mol. The van der Waals surface area contributed by atoms with Gasteiger partial charge in [-0.3, -0.25) is 9.78 Å². The molecular weight excluding hydrogens is 310 g/mol. The minimum absolute atomic E-state index is 0.0750. The van der Waals surface area contributed by atoms with E-state index in [1.54, 1.807) is 0 Å². The molecule has 1 aromatic heterocycles. The zero-order valence-corrected chi connectivity index (χ0v) is 11.3. The summed E-state index contributed by atoms with van der Waals surface area (Å²) in [7, 11) is -3.58. The Morgan fingerprint density at radius 3 is 2.76 bits per heavy atom. The molecule has 1 amide bonds. The molecule has 0 aromatic carbocycles. The second kappa shape index (κ2) is 6.08. The van der Waals surface area contributed by atoms with Crippen molar-refractivity contribution in [2.24, 2.45) is 5.73 Å². The number of carbonyl (C=O) groups excluding carboxylic acids is 1. The molecule has 1 heterocycles. The topological polar surface area (TPSA) is 102 Å². The number of nitrogens with one attached hydrogen (secondary N) is 1. The highest BCUT2D eigenvalue weighted by atomic mass is 79.9. The smallest absolute Gasteiger partial charge is 0.242 e. The van der Waals surface area contributed by atoms with Gasteiger partial charge in [0.15, 0.2) is 0 Å². The minimum Gasteiger partial charge on any atom is -0.370 e. The molecule has 0 bridgehead atoms. The quantitative estimate of drug-likeness (QED) is 0.740. The number of rotatable bonds is 6. The van der Waals surface area contributed by atoms with Crippen LogP contribution in [0.1, 0.15) is 12.8 Å². The van der Waals surface area contributed by atoms with Crippen molar-refractivity contribution in [3.63, 3.8) is 0 Å². The van der Waals surface area contributed by atoms with Crippen LogP contribution in [0, 0.1) is 0 Å². The van der Waals surface area contributed by atoms with Crippen molar-refractivity contribution in [1.82, 2.24) is 9.71 Å². The van der Waals surface area contributed by atoms with Gasteiger partial charge in [0.2, 0.25) is 15.9 Å². The monoisotopic (exact) mass is 321 g/mol. The van der Waals surface area contributed by atoms with Crippen LogP contribution >= 0.6 is 15.9 Å². The number of nitrogens with zero attached hydrogens (tertiary/aromatic N) is 1. The lowest BCUT2D eigenvalue weighted by atomic mass is 10.3. The van der Waals surface area contributed by atoms with E-state index in [4.69, 9.17) is 5.73 Å². The third-order valence-corrected chi connectivity index (χ3v) is 3.74. The van der Waals surface area contributed by atoms with Crippen LogP contribution in [0.3, 0.4) is 0 Å². The minimum atomic E-state index is -3.58. The maximum atomic E-state index is 11.7. The van der Waals surface area contributed by atoms with E-state index >= 15 is 0 Å². The van der Waals surface area contributed by atoms with Gasteiger partial charge in [-0.2, -0.15) is 0 Å². The molecule has 0 aliphatic carbocycles. The van der Waals surface area contributed by atoms with Crippen LogP contribution in [-0.2, 0) is 14.8 Å². The lowest BCUT2D eigenvalue weighted by Gasteiger charge is -2.05. The van der Waals surface area contributed by atoms with Gasteiger partial charge in [-0.15, -0.1) is 0 Å². The van der Waals surface area contributed by atoms with Crippen molar-refractivity contribution in [2.45, 2.75) is 17.7 Å². The van der Waals surface area contributed by atoms with Gasteiger partial charge in [-0.25, -0.2) is 13.1 Å². The number of hydrogen-bond acceptors (Lipinski definition) is 4. The molecule has 0 fully saturated rings. The van der Waals surface area contributed by atoms with Crippen molar-refractivity contribution >= 4 is 31.9 Å².